The molecule has 172 valence electrons. The Morgan fingerprint density at radius 3 is 2.38 bits per heavy atom. The SMILES string of the molecule is COc1cccc(CCN2C(=O)CC3(C2=O)C(=O)N(Cc2ccccc2)c2ccc(F)cc23)c1. The molecule has 0 aromatic heterocycles. The molecule has 0 radical (unpaired) electrons. The molecule has 1 fully saturated rings. The molecule has 3 aromatic carbocycles. The highest BCUT2D eigenvalue weighted by atomic mass is 19.1. The molecule has 0 N–H and O–H groups in total. The van der Waals surface area contributed by atoms with Gasteiger partial charge in [0.25, 0.3) is 0 Å². The Labute approximate surface area is 196 Å². The van der Waals surface area contributed by atoms with Crippen LogP contribution in [0.5, 0.6) is 5.75 Å². The lowest BCUT2D eigenvalue weighted by atomic mass is 9.80. The lowest BCUT2D eigenvalue weighted by Crippen LogP contribution is -2.46. The molecular weight excluding hydrogens is 435 g/mol. The summed E-state index contributed by atoms with van der Waals surface area (Å²) in [6.07, 6.45) is 0.118. The second kappa shape index (κ2) is 8.41. The number of amides is 3. The van der Waals surface area contributed by atoms with E-state index in [1.807, 2.05) is 54.6 Å². The van der Waals surface area contributed by atoms with Gasteiger partial charge in [-0.25, -0.2) is 4.39 Å². The maximum atomic E-state index is 14.3. The fourth-order valence-electron chi connectivity index (χ4n) is 4.88. The van der Waals surface area contributed by atoms with Gasteiger partial charge in [0.1, 0.15) is 11.6 Å². The van der Waals surface area contributed by atoms with Crippen LogP contribution in [-0.4, -0.2) is 36.3 Å². The van der Waals surface area contributed by atoms with Crippen molar-refractivity contribution in [2.45, 2.75) is 24.8 Å². The van der Waals surface area contributed by atoms with Crippen molar-refractivity contribution in [3.8, 4) is 5.75 Å². The van der Waals surface area contributed by atoms with E-state index in [-0.39, 0.29) is 25.1 Å². The fraction of sp³-hybridized carbons (Fsp3) is 0.222. The van der Waals surface area contributed by atoms with E-state index in [1.54, 1.807) is 7.11 Å². The molecule has 7 heteroatoms. The first-order chi connectivity index (χ1) is 16.4. The number of rotatable bonds is 6. The van der Waals surface area contributed by atoms with Gasteiger partial charge in [-0.1, -0.05) is 42.5 Å². The minimum Gasteiger partial charge on any atom is -0.497 e. The third-order valence-electron chi connectivity index (χ3n) is 6.59. The van der Waals surface area contributed by atoms with Crippen LogP contribution >= 0.6 is 0 Å². The molecule has 2 aliphatic heterocycles. The highest BCUT2D eigenvalue weighted by Crippen LogP contribution is 2.49. The monoisotopic (exact) mass is 458 g/mol. The van der Waals surface area contributed by atoms with Gasteiger partial charge in [-0.05, 0) is 47.9 Å². The van der Waals surface area contributed by atoms with Gasteiger partial charge in [-0.15, -0.1) is 0 Å². The van der Waals surface area contributed by atoms with E-state index in [0.717, 1.165) is 16.0 Å². The van der Waals surface area contributed by atoms with Gasteiger partial charge in [0.2, 0.25) is 17.7 Å². The molecule has 3 aromatic rings. The van der Waals surface area contributed by atoms with Crippen LogP contribution in [0.4, 0.5) is 10.1 Å². The Morgan fingerprint density at radius 2 is 1.62 bits per heavy atom. The Morgan fingerprint density at radius 1 is 0.882 bits per heavy atom. The summed E-state index contributed by atoms with van der Waals surface area (Å²) >= 11 is 0. The predicted molar refractivity (Wildman–Crippen MR) is 124 cm³/mol. The third kappa shape index (κ3) is 3.44. The molecule has 34 heavy (non-hydrogen) atoms. The number of likely N-dealkylation sites (tertiary alicyclic amines) is 1. The van der Waals surface area contributed by atoms with Gasteiger partial charge in [-0.3, -0.25) is 19.3 Å². The molecule has 1 unspecified atom stereocenters. The average molecular weight is 458 g/mol. The van der Waals surface area contributed by atoms with E-state index in [1.165, 1.54) is 23.1 Å². The minimum absolute atomic E-state index is 0.128. The first-order valence-electron chi connectivity index (χ1n) is 11.1. The van der Waals surface area contributed by atoms with Crippen LogP contribution in [0.3, 0.4) is 0 Å². The van der Waals surface area contributed by atoms with Crippen LogP contribution in [0.15, 0.2) is 72.8 Å². The summed E-state index contributed by atoms with van der Waals surface area (Å²) in [6.45, 7) is 0.356. The van der Waals surface area contributed by atoms with E-state index >= 15 is 0 Å². The van der Waals surface area contributed by atoms with Crippen molar-refractivity contribution in [1.29, 1.82) is 0 Å². The van der Waals surface area contributed by atoms with E-state index in [4.69, 9.17) is 4.74 Å². The topological polar surface area (TPSA) is 66.9 Å². The fourth-order valence-corrected chi connectivity index (χ4v) is 4.88. The number of halogens is 1. The second-order valence-electron chi connectivity index (χ2n) is 8.57. The van der Waals surface area contributed by atoms with E-state index in [0.29, 0.717) is 17.9 Å². The summed E-state index contributed by atoms with van der Waals surface area (Å²) in [5.41, 5.74) is 0.768. The van der Waals surface area contributed by atoms with Crippen LogP contribution in [0.25, 0.3) is 0 Å². The molecule has 5 rings (SSSR count). The number of ether oxygens (including phenoxy) is 1. The lowest BCUT2D eigenvalue weighted by Gasteiger charge is -2.22. The number of fused-ring (bicyclic) bond motifs is 2. The van der Waals surface area contributed by atoms with E-state index < -0.39 is 29.0 Å². The lowest BCUT2D eigenvalue weighted by molar-refractivity contribution is -0.141. The van der Waals surface area contributed by atoms with Crippen LogP contribution < -0.4 is 9.64 Å². The van der Waals surface area contributed by atoms with Gasteiger partial charge in [0, 0.05) is 17.8 Å². The zero-order valence-corrected chi connectivity index (χ0v) is 18.7. The Balaban J connectivity index is 1.47. The van der Waals surface area contributed by atoms with Crippen LogP contribution in [-0.2, 0) is 32.8 Å². The molecule has 1 atom stereocenters. The number of nitrogens with zero attached hydrogens (tertiary/aromatic N) is 2. The molecule has 0 saturated carbocycles. The van der Waals surface area contributed by atoms with Crippen LogP contribution in [0.2, 0.25) is 0 Å². The van der Waals surface area contributed by atoms with Crippen molar-refractivity contribution in [2.75, 3.05) is 18.6 Å². The Bertz CT molecular complexity index is 1290. The zero-order valence-electron chi connectivity index (χ0n) is 18.7. The average Bonchev–Trinajstić information content (AvgIpc) is 3.23. The van der Waals surface area contributed by atoms with E-state index in [2.05, 4.69) is 0 Å². The van der Waals surface area contributed by atoms with Crippen molar-refractivity contribution >= 4 is 23.4 Å². The number of carbonyl (C=O) groups excluding carboxylic acids is 3. The summed E-state index contributed by atoms with van der Waals surface area (Å²) in [4.78, 5) is 43.1. The number of imide groups is 1. The number of benzene rings is 3. The zero-order chi connectivity index (χ0) is 23.9. The second-order valence-corrected chi connectivity index (χ2v) is 8.57. The normalized spacial score (nSPS) is 19.3. The summed E-state index contributed by atoms with van der Waals surface area (Å²) in [5, 5.41) is 0. The van der Waals surface area contributed by atoms with E-state index in [9.17, 15) is 18.8 Å². The van der Waals surface area contributed by atoms with Crippen LogP contribution in [0, 0.1) is 5.82 Å². The summed E-state index contributed by atoms with van der Waals surface area (Å²) in [6, 6.07) is 20.7. The van der Waals surface area contributed by atoms with Gasteiger partial charge in [0.05, 0.1) is 20.1 Å². The molecule has 0 bridgehead atoms. The molecule has 2 heterocycles. The highest BCUT2D eigenvalue weighted by molar-refractivity contribution is 6.28. The number of anilines is 1. The highest BCUT2D eigenvalue weighted by Gasteiger charge is 2.63. The van der Waals surface area contributed by atoms with Crippen molar-refractivity contribution in [1.82, 2.24) is 4.90 Å². The quantitative estimate of drug-likeness (QED) is 0.418. The maximum absolute atomic E-state index is 14.3. The van der Waals surface area contributed by atoms with Gasteiger partial charge >= 0.3 is 0 Å². The molecule has 1 saturated heterocycles. The summed E-state index contributed by atoms with van der Waals surface area (Å²) in [5.74, 6) is -1.38. The van der Waals surface area contributed by atoms with Crippen molar-refractivity contribution in [2.24, 2.45) is 0 Å². The maximum Gasteiger partial charge on any atom is 0.250 e. The third-order valence-corrected chi connectivity index (χ3v) is 6.59. The van der Waals surface area contributed by atoms with Gasteiger partial charge in [-0.2, -0.15) is 0 Å². The van der Waals surface area contributed by atoms with Gasteiger partial charge < -0.3 is 9.64 Å². The molecule has 6 nitrogen and oxygen atoms in total. The Kier molecular flexibility index (Phi) is 5.40. The standard InChI is InChI=1S/C27H23FN2O4/c1-34-21-9-5-8-18(14-21)12-13-29-24(31)16-27(25(29)32)22-15-20(28)10-11-23(22)30(26(27)33)17-19-6-3-2-4-7-19/h2-11,14-15H,12-13,16-17H2,1H3. The molecule has 2 aliphatic rings. The Hall–Kier alpha value is -4.00. The van der Waals surface area contributed by atoms with Crippen LogP contribution in [0.1, 0.15) is 23.1 Å². The van der Waals surface area contributed by atoms with Crippen molar-refractivity contribution in [3.05, 3.63) is 95.3 Å². The summed E-state index contributed by atoms with van der Waals surface area (Å²) < 4.78 is 19.5. The smallest absolute Gasteiger partial charge is 0.250 e. The van der Waals surface area contributed by atoms with Crippen molar-refractivity contribution in [3.63, 3.8) is 0 Å². The van der Waals surface area contributed by atoms with Crippen molar-refractivity contribution < 1.29 is 23.5 Å². The number of methoxy groups -OCH3 is 1. The summed E-state index contributed by atoms with van der Waals surface area (Å²) in [7, 11) is 1.57. The first kappa shape index (κ1) is 21.8. The first-order valence-corrected chi connectivity index (χ1v) is 11.1. The molecule has 3 amide bonds. The number of carbonyl (C=O) groups is 3. The molecular formula is C27H23FN2O4. The molecule has 0 aliphatic carbocycles. The number of hydrogen-bond donors (Lipinski definition) is 0. The van der Waals surface area contributed by atoms with Gasteiger partial charge in [0.15, 0.2) is 5.41 Å². The largest absolute Gasteiger partial charge is 0.497 e. The minimum atomic E-state index is -1.72. The molecule has 1 spiro atoms. The number of hydrogen-bond acceptors (Lipinski definition) is 4. The predicted octanol–water partition coefficient (Wildman–Crippen LogP) is 3.62.